The number of ether oxygens (including phenoxy) is 2. The Labute approximate surface area is 203 Å². The molecule has 1 aliphatic heterocycles. The number of nitrogens with one attached hydrogen (secondary N) is 2. The molecule has 3 rings (SSSR count). The summed E-state index contributed by atoms with van der Waals surface area (Å²) in [5.74, 6) is 1.71. The second-order valence-corrected chi connectivity index (χ2v) is 7.90. The largest absolute Gasteiger partial charge is 0.494 e. The number of halogens is 1. The van der Waals surface area contributed by atoms with E-state index in [1.807, 2.05) is 32.6 Å². The predicted molar refractivity (Wildman–Crippen MR) is 136 cm³/mol. The van der Waals surface area contributed by atoms with Crippen molar-refractivity contribution in [2.24, 2.45) is 12.0 Å². The average Bonchev–Trinajstić information content (AvgIpc) is 3.01. The van der Waals surface area contributed by atoms with Crippen LogP contribution in [0.5, 0.6) is 5.75 Å². The number of aryl methyl sites for hydroxylation is 2. The van der Waals surface area contributed by atoms with Gasteiger partial charge in [0.25, 0.3) is 0 Å². The molecule has 7 nitrogen and oxygen atoms in total. The number of benzene rings is 1. The van der Waals surface area contributed by atoms with E-state index in [0.29, 0.717) is 13.2 Å². The zero-order valence-electron chi connectivity index (χ0n) is 19.3. The Morgan fingerprint density at radius 2 is 1.87 bits per heavy atom. The summed E-state index contributed by atoms with van der Waals surface area (Å²) in [4.78, 5) is 4.43. The van der Waals surface area contributed by atoms with Gasteiger partial charge in [-0.1, -0.05) is 12.1 Å². The molecule has 1 saturated heterocycles. The summed E-state index contributed by atoms with van der Waals surface area (Å²) < 4.78 is 13.2. The first-order valence-electron chi connectivity index (χ1n) is 10.7. The van der Waals surface area contributed by atoms with Gasteiger partial charge in [-0.25, -0.2) is 0 Å². The standard InChI is InChI=1S/C23H35N5O2.HI/c1-6-30-20-9-7-19(8-10-20)23(11-13-29-14-12-23)16-26-22(24-4)25-15-21-17(2)27-28(5)18(21)3;/h7-10H,6,11-16H2,1-5H3,(H2,24,25,26);1H. The van der Waals surface area contributed by atoms with Crippen LogP contribution in [0.25, 0.3) is 0 Å². The van der Waals surface area contributed by atoms with Crippen molar-refractivity contribution in [1.82, 2.24) is 20.4 Å². The Morgan fingerprint density at radius 3 is 2.42 bits per heavy atom. The Hall–Kier alpha value is -1.81. The lowest BCUT2D eigenvalue weighted by molar-refractivity contribution is 0.0513. The fourth-order valence-corrected chi connectivity index (χ4v) is 4.12. The first-order valence-corrected chi connectivity index (χ1v) is 10.7. The van der Waals surface area contributed by atoms with E-state index in [0.717, 1.165) is 50.0 Å². The number of nitrogens with zero attached hydrogens (tertiary/aromatic N) is 3. The van der Waals surface area contributed by atoms with Gasteiger partial charge in [0.1, 0.15) is 5.75 Å². The van der Waals surface area contributed by atoms with Crippen LogP contribution in [-0.4, -0.2) is 49.2 Å². The molecule has 2 N–H and O–H groups in total. The molecule has 2 aromatic rings. The van der Waals surface area contributed by atoms with Crippen molar-refractivity contribution in [1.29, 1.82) is 0 Å². The van der Waals surface area contributed by atoms with Crippen LogP contribution in [0.4, 0.5) is 0 Å². The second kappa shape index (κ2) is 11.7. The van der Waals surface area contributed by atoms with Crippen molar-refractivity contribution < 1.29 is 9.47 Å². The third-order valence-corrected chi connectivity index (χ3v) is 6.14. The van der Waals surface area contributed by atoms with Gasteiger partial charge < -0.3 is 20.1 Å². The minimum Gasteiger partial charge on any atom is -0.494 e. The number of hydrogen-bond donors (Lipinski definition) is 2. The molecule has 0 spiro atoms. The number of aliphatic imine (C=N–C) groups is 1. The minimum absolute atomic E-state index is 0. The summed E-state index contributed by atoms with van der Waals surface area (Å²) in [6.07, 6.45) is 1.96. The molecule has 1 aliphatic rings. The fraction of sp³-hybridized carbons (Fsp3) is 0.565. The lowest BCUT2D eigenvalue weighted by atomic mass is 9.74. The van der Waals surface area contributed by atoms with E-state index >= 15 is 0 Å². The van der Waals surface area contributed by atoms with E-state index in [1.54, 1.807) is 0 Å². The highest BCUT2D eigenvalue weighted by Gasteiger charge is 2.34. The molecule has 2 heterocycles. The summed E-state index contributed by atoms with van der Waals surface area (Å²) in [6.45, 7) is 9.87. The Morgan fingerprint density at radius 1 is 1.19 bits per heavy atom. The van der Waals surface area contributed by atoms with E-state index in [2.05, 4.69) is 51.9 Å². The van der Waals surface area contributed by atoms with Crippen molar-refractivity contribution in [3.05, 3.63) is 46.8 Å². The van der Waals surface area contributed by atoms with Gasteiger partial charge in [0, 0.05) is 57.1 Å². The third kappa shape index (κ3) is 6.12. The monoisotopic (exact) mass is 541 g/mol. The molecular formula is C23H36IN5O2. The molecule has 0 bridgehead atoms. The molecule has 8 heteroatoms. The van der Waals surface area contributed by atoms with E-state index in [-0.39, 0.29) is 29.4 Å². The van der Waals surface area contributed by atoms with Crippen molar-refractivity contribution in [3.63, 3.8) is 0 Å². The van der Waals surface area contributed by atoms with E-state index < -0.39 is 0 Å². The van der Waals surface area contributed by atoms with Crippen molar-refractivity contribution >= 4 is 29.9 Å². The number of hydrogen-bond acceptors (Lipinski definition) is 4. The zero-order chi connectivity index (χ0) is 21.6. The zero-order valence-corrected chi connectivity index (χ0v) is 21.7. The van der Waals surface area contributed by atoms with Crippen LogP contribution in [0.15, 0.2) is 29.3 Å². The topological polar surface area (TPSA) is 72.7 Å². The van der Waals surface area contributed by atoms with Gasteiger partial charge in [-0.3, -0.25) is 9.67 Å². The molecule has 1 aromatic carbocycles. The highest BCUT2D eigenvalue weighted by molar-refractivity contribution is 14.0. The maximum absolute atomic E-state index is 5.67. The van der Waals surface area contributed by atoms with Gasteiger partial charge in [0.15, 0.2) is 5.96 Å². The number of guanidine groups is 1. The SMILES string of the molecule is CCOc1ccc(C2(CNC(=NC)NCc3c(C)nn(C)c3C)CCOCC2)cc1.I. The van der Waals surface area contributed by atoms with Crippen LogP contribution < -0.4 is 15.4 Å². The van der Waals surface area contributed by atoms with E-state index in [9.17, 15) is 0 Å². The maximum Gasteiger partial charge on any atom is 0.191 e. The van der Waals surface area contributed by atoms with E-state index in [4.69, 9.17) is 9.47 Å². The van der Waals surface area contributed by atoms with Gasteiger partial charge in [0.05, 0.1) is 12.3 Å². The Kier molecular flexibility index (Phi) is 9.61. The molecule has 1 fully saturated rings. The van der Waals surface area contributed by atoms with E-state index in [1.165, 1.54) is 16.8 Å². The molecule has 31 heavy (non-hydrogen) atoms. The number of aromatic nitrogens is 2. The first-order chi connectivity index (χ1) is 14.5. The third-order valence-electron chi connectivity index (χ3n) is 6.14. The molecule has 1 aromatic heterocycles. The first kappa shape index (κ1) is 25.5. The van der Waals surface area contributed by atoms with Crippen molar-refractivity contribution in [3.8, 4) is 5.75 Å². The lowest BCUT2D eigenvalue weighted by Crippen LogP contribution is -2.48. The molecule has 172 valence electrons. The van der Waals surface area contributed by atoms with Gasteiger partial charge in [-0.05, 0) is 51.3 Å². The summed E-state index contributed by atoms with van der Waals surface area (Å²) in [7, 11) is 3.79. The van der Waals surface area contributed by atoms with Crippen molar-refractivity contribution in [2.75, 3.05) is 33.4 Å². The van der Waals surface area contributed by atoms with Crippen LogP contribution in [-0.2, 0) is 23.7 Å². The minimum atomic E-state index is 0. The Bertz CT molecular complexity index is 858. The normalized spacial score (nSPS) is 15.8. The summed E-state index contributed by atoms with van der Waals surface area (Å²) >= 11 is 0. The van der Waals surface area contributed by atoms with Crippen LogP contribution in [0.1, 0.15) is 42.3 Å². The van der Waals surface area contributed by atoms with Crippen LogP contribution >= 0.6 is 24.0 Å². The highest BCUT2D eigenvalue weighted by atomic mass is 127. The summed E-state index contributed by atoms with van der Waals surface area (Å²) in [5, 5.41) is 11.5. The molecule has 0 amide bonds. The summed E-state index contributed by atoms with van der Waals surface area (Å²) in [6, 6.07) is 8.52. The average molecular weight is 541 g/mol. The maximum atomic E-state index is 5.67. The van der Waals surface area contributed by atoms with Crippen LogP contribution in [0, 0.1) is 13.8 Å². The molecule has 0 saturated carbocycles. The highest BCUT2D eigenvalue weighted by Crippen LogP contribution is 2.35. The smallest absolute Gasteiger partial charge is 0.191 e. The number of rotatable bonds is 7. The van der Waals surface area contributed by atoms with Gasteiger partial charge >= 0.3 is 0 Å². The van der Waals surface area contributed by atoms with Gasteiger partial charge in [-0.2, -0.15) is 5.10 Å². The molecule has 0 aliphatic carbocycles. The molecule has 0 unspecified atom stereocenters. The van der Waals surface area contributed by atoms with Crippen LogP contribution in [0.3, 0.4) is 0 Å². The van der Waals surface area contributed by atoms with Crippen LogP contribution in [0.2, 0.25) is 0 Å². The van der Waals surface area contributed by atoms with Gasteiger partial charge in [0.2, 0.25) is 0 Å². The quantitative estimate of drug-likeness (QED) is 0.319. The molecule has 0 atom stereocenters. The fourth-order valence-electron chi connectivity index (χ4n) is 4.12. The lowest BCUT2D eigenvalue weighted by Gasteiger charge is -2.38. The Balaban J connectivity index is 0.00000341. The molecular weight excluding hydrogens is 505 g/mol. The second-order valence-electron chi connectivity index (χ2n) is 7.90. The predicted octanol–water partition coefficient (Wildman–Crippen LogP) is 3.47. The molecule has 0 radical (unpaired) electrons. The van der Waals surface area contributed by atoms with Crippen molar-refractivity contribution in [2.45, 2.75) is 45.6 Å². The summed E-state index contributed by atoms with van der Waals surface area (Å²) in [5.41, 5.74) is 4.77. The van der Waals surface area contributed by atoms with Gasteiger partial charge in [-0.15, -0.1) is 24.0 Å².